The number of sulfonamides is 1. The van der Waals surface area contributed by atoms with Gasteiger partial charge in [0.05, 0.1) is 19.0 Å². The molecule has 156 valence electrons. The van der Waals surface area contributed by atoms with E-state index in [0.29, 0.717) is 50.0 Å². The molecule has 10 heteroatoms. The van der Waals surface area contributed by atoms with Gasteiger partial charge in [0.1, 0.15) is 0 Å². The first-order valence-corrected chi connectivity index (χ1v) is 11.6. The largest absolute Gasteiger partial charge is 0.378 e. The van der Waals surface area contributed by atoms with Gasteiger partial charge in [-0.1, -0.05) is 23.7 Å². The zero-order valence-electron chi connectivity index (χ0n) is 16.1. The monoisotopic (exact) mass is 437 g/mol. The van der Waals surface area contributed by atoms with Crippen LogP contribution >= 0.6 is 11.6 Å². The quantitative estimate of drug-likeness (QED) is 0.703. The van der Waals surface area contributed by atoms with Crippen molar-refractivity contribution in [2.24, 2.45) is 0 Å². The Labute approximate surface area is 176 Å². The Morgan fingerprint density at radius 1 is 0.897 bits per heavy atom. The number of piperazine rings is 1. The first-order chi connectivity index (χ1) is 14.0. The zero-order chi connectivity index (χ0) is 20.3. The first kappa shape index (κ1) is 20.3. The number of halogens is 1. The van der Waals surface area contributed by atoms with Gasteiger partial charge in [0, 0.05) is 44.3 Å². The summed E-state index contributed by atoms with van der Waals surface area (Å²) in [7, 11) is -3.39. The van der Waals surface area contributed by atoms with E-state index in [1.54, 1.807) is 28.6 Å². The van der Waals surface area contributed by atoms with Crippen molar-refractivity contribution in [2.75, 3.05) is 62.3 Å². The highest BCUT2D eigenvalue weighted by atomic mass is 35.5. The molecule has 2 aliphatic heterocycles. The van der Waals surface area contributed by atoms with Crippen LogP contribution in [-0.2, 0) is 20.5 Å². The third kappa shape index (κ3) is 4.98. The summed E-state index contributed by atoms with van der Waals surface area (Å²) in [5, 5.41) is 9.24. The van der Waals surface area contributed by atoms with Crippen LogP contribution in [0.4, 0.5) is 11.6 Å². The van der Waals surface area contributed by atoms with Gasteiger partial charge < -0.3 is 14.5 Å². The molecule has 2 aliphatic rings. The molecule has 0 radical (unpaired) electrons. The summed E-state index contributed by atoms with van der Waals surface area (Å²) in [5.41, 5.74) is 0.699. The average Bonchev–Trinajstić information content (AvgIpc) is 2.74. The van der Waals surface area contributed by atoms with E-state index in [0.717, 1.165) is 24.7 Å². The molecule has 2 saturated heterocycles. The second-order valence-electron chi connectivity index (χ2n) is 7.12. The fourth-order valence-corrected chi connectivity index (χ4v) is 5.29. The Morgan fingerprint density at radius 3 is 2.10 bits per heavy atom. The molecule has 0 amide bonds. The molecular weight excluding hydrogens is 414 g/mol. The van der Waals surface area contributed by atoms with Gasteiger partial charge in [-0.2, -0.15) is 4.31 Å². The van der Waals surface area contributed by atoms with Gasteiger partial charge in [0.2, 0.25) is 10.0 Å². The molecule has 0 spiro atoms. The van der Waals surface area contributed by atoms with Gasteiger partial charge in [0.15, 0.2) is 11.6 Å². The Bertz CT molecular complexity index is 927. The molecule has 1 aromatic carbocycles. The number of hydrogen-bond acceptors (Lipinski definition) is 7. The highest BCUT2D eigenvalue weighted by Crippen LogP contribution is 2.20. The van der Waals surface area contributed by atoms with Crippen molar-refractivity contribution >= 4 is 33.3 Å². The predicted octanol–water partition coefficient (Wildman–Crippen LogP) is 1.62. The van der Waals surface area contributed by atoms with Crippen molar-refractivity contribution in [3.05, 3.63) is 47.0 Å². The molecule has 2 aromatic rings. The van der Waals surface area contributed by atoms with E-state index < -0.39 is 10.0 Å². The fourth-order valence-electron chi connectivity index (χ4n) is 3.57. The Hall–Kier alpha value is -1.94. The molecule has 0 atom stereocenters. The maximum absolute atomic E-state index is 12.7. The van der Waals surface area contributed by atoms with Crippen molar-refractivity contribution in [2.45, 2.75) is 5.75 Å². The maximum atomic E-state index is 12.7. The van der Waals surface area contributed by atoms with Crippen LogP contribution in [0.25, 0.3) is 0 Å². The van der Waals surface area contributed by atoms with Crippen LogP contribution in [-0.4, -0.2) is 75.4 Å². The summed E-state index contributed by atoms with van der Waals surface area (Å²) in [4.78, 5) is 4.22. The van der Waals surface area contributed by atoms with Crippen LogP contribution in [0, 0.1) is 0 Å². The normalized spacial score (nSPS) is 18.8. The molecule has 29 heavy (non-hydrogen) atoms. The standard InChI is InChI=1S/C19H24ClN5O3S/c20-17-3-1-2-16(14-17)15-29(26,27)25-8-6-23(7-9-25)18-4-5-19(22-21-18)24-10-12-28-13-11-24/h1-5,14H,6-13,15H2. The molecule has 0 saturated carbocycles. The summed E-state index contributed by atoms with van der Waals surface area (Å²) < 4.78 is 32.4. The van der Waals surface area contributed by atoms with Crippen LogP contribution in [0.2, 0.25) is 5.02 Å². The lowest BCUT2D eigenvalue weighted by Crippen LogP contribution is -2.49. The van der Waals surface area contributed by atoms with Crippen LogP contribution < -0.4 is 9.80 Å². The molecule has 8 nitrogen and oxygen atoms in total. The molecule has 2 fully saturated rings. The van der Waals surface area contributed by atoms with Crippen LogP contribution in [0.15, 0.2) is 36.4 Å². The molecule has 0 bridgehead atoms. The number of ether oxygens (including phenoxy) is 1. The van der Waals surface area contributed by atoms with Gasteiger partial charge in [-0.3, -0.25) is 0 Å². The minimum absolute atomic E-state index is 0.0401. The minimum Gasteiger partial charge on any atom is -0.378 e. The molecule has 4 rings (SSSR count). The molecule has 1 aromatic heterocycles. The SMILES string of the molecule is O=S(=O)(Cc1cccc(Cl)c1)N1CCN(c2ccc(N3CCOCC3)nn2)CC1. The maximum Gasteiger partial charge on any atom is 0.218 e. The number of aromatic nitrogens is 2. The lowest BCUT2D eigenvalue weighted by molar-refractivity contribution is 0.122. The average molecular weight is 438 g/mol. The van der Waals surface area contributed by atoms with Crippen LogP contribution in [0.5, 0.6) is 0 Å². The summed E-state index contributed by atoms with van der Waals surface area (Å²) in [6.45, 7) is 5.06. The molecule has 0 N–H and O–H groups in total. The van der Waals surface area contributed by atoms with E-state index in [9.17, 15) is 8.42 Å². The van der Waals surface area contributed by atoms with Crippen molar-refractivity contribution in [1.29, 1.82) is 0 Å². The minimum atomic E-state index is -3.39. The van der Waals surface area contributed by atoms with Crippen molar-refractivity contribution in [3.63, 3.8) is 0 Å². The zero-order valence-corrected chi connectivity index (χ0v) is 17.6. The highest BCUT2D eigenvalue weighted by molar-refractivity contribution is 7.88. The summed E-state index contributed by atoms with van der Waals surface area (Å²) in [6.07, 6.45) is 0. The number of morpholine rings is 1. The van der Waals surface area contributed by atoms with Gasteiger partial charge in [-0.25, -0.2) is 8.42 Å². The number of benzene rings is 1. The third-order valence-corrected chi connectivity index (χ3v) is 7.25. The number of nitrogens with zero attached hydrogens (tertiary/aromatic N) is 5. The second-order valence-corrected chi connectivity index (χ2v) is 9.53. The van der Waals surface area contributed by atoms with Crippen LogP contribution in [0.3, 0.4) is 0 Å². The molecule has 0 unspecified atom stereocenters. The molecular formula is C19H24ClN5O3S. The molecule has 0 aliphatic carbocycles. The number of anilines is 2. The fraction of sp³-hybridized carbons (Fsp3) is 0.474. The van der Waals surface area contributed by atoms with Crippen molar-refractivity contribution in [3.8, 4) is 0 Å². The first-order valence-electron chi connectivity index (χ1n) is 9.65. The Morgan fingerprint density at radius 2 is 1.52 bits per heavy atom. The van der Waals surface area contributed by atoms with Gasteiger partial charge in [0.25, 0.3) is 0 Å². The summed E-state index contributed by atoms with van der Waals surface area (Å²) in [5.74, 6) is 1.58. The van der Waals surface area contributed by atoms with E-state index in [-0.39, 0.29) is 5.75 Å². The number of hydrogen-bond donors (Lipinski definition) is 0. The van der Waals surface area contributed by atoms with E-state index in [2.05, 4.69) is 20.0 Å². The van der Waals surface area contributed by atoms with E-state index in [1.807, 2.05) is 12.1 Å². The topological polar surface area (TPSA) is 78.9 Å². The second kappa shape index (κ2) is 8.83. The predicted molar refractivity (Wildman–Crippen MR) is 113 cm³/mol. The van der Waals surface area contributed by atoms with Crippen molar-refractivity contribution in [1.82, 2.24) is 14.5 Å². The lowest BCUT2D eigenvalue weighted by Gasteiger charge is -2.34. The van der Waals surface area contributed by atoms with E-state index in [1.165, 1.54) is 0 Å². The summed E-state index contributed by atoms with van der Waals surface area (Å²) >= 11 is 5.97. The molecule has 3 heterocycles. The van der Waals surface area contributed by atoms with E-state index >= 15 is 0 Å². The highest BCUT2D eigenvalue weighted by Gasteiger charge is 2.28. The van der Waals surface area contributed by atoms with Crippen molar-refractivity contribution < 1.29 is 13.2 Å². The summed E-state index contributed by atoms with van der Waals surface area (Å²) in [6, 6.07) is 10.9. The van der Waals surface area contributed by atoms with Gasteiger partial charge >= 0.3 is 0 Å². The lowest BCUT2D eigenvalue weighted by atomic mass is 10.2. The number of rotatable bonds is 5. The van der Waals surface area contributed by atoms with Crippen LogP contribution in [0.1, 0.15) is 5.56 Å². The Balaban J connectivity index is 1.35. The van der Waals surface area contributed by atoms with E-state index in [4.69, 9.17) is 16.3 Å². The Kier molecular flexibility index (Phi) is 6.19. The third-order valence-electron chi connectivity index (χ3n) is 5.17. The van der Waals surface area contributed by atoms with Gasteiger partial charge in [-0.05, 0) is 29.8 Å². The smallest absolute Gasteiger partial charge is 0.218 e. The van der Waals surface area contributed by atoms with Gasteiger partial charge in [-0.15, -0.1) is 10.2 Å².